The van der Waals surface area contributed by atoms with Crippen LogP contribution in [-0.2, 0) is 0 Å². The normalized spacial score (nSPS) is 21.2. The molecule has 1 aromatic heterocycles. The van der Waals surface area contributed by atoms with Gasteiger partial charge < -0.3 is 15.3 Å². The van der Waals surface area contributed by atoms with Crippen molar-refractivity contribution in [1.29, 1.82) is 0 Å². The third-order valence-corrected chi connectivity index (χ3v) is 4.11. The maximum absolute atomic E-state index is 9.12. The van der Waals surface area contributed by atoms with Crippen LogP contribution in [0.25, 0.3) is 0 Å². The van der Waals surface area contributed by atoms with Crippen LogP contribution in [0.1, 0.15) is 0 Å². The molecule has 0 saturated carbocycles. The highest BCUT2D eigenvalue weighted by molar-refractivity contribution is 14.1. The predicted octanol–water partition coefficient (Wildman–Crippen LogP) is 1.11. The first-order valence-electron chi connectivity index (χ1n) is 5.11. The molecule has 4 nitrogen and oxygen atoms in total. The van der Waals surface area contributed by atoms with Crippen molar-refractivity contribution in [2.75, 3.05) is 31.1 Å². The van der Waals surface area contributed by atoms with E-state index in [1.165, 1.54) is 0 Å². The van der Waals surface area contributed by atoms with E-state index in [-0.39, 0.29) is 12.6 Å². The molecule has 1 atom stereocenters. The molecule has 88 valence electrons. The molecule has 2 rings (SSSR count). The first kappa shape index (κ1) is 12.3. The Bertz CT molecular complexity index is 377. The summed E-state index contributed by atoms with van der Waals surface area (Å²) < 4.78 is 1.00. The van der Waals surface area contributed by atoms with Gasteiger partial charge in [0.15, 0.2) is 0 Å². The second-order valence-corrected chi connectivity index (χ2v) is 5.31. The van der Waals surface area contributed by atoms with Gasteiger partial charge in [0.1, 0.15) is 5.82 Å². The van der Waals surface area contributed by atoms with E-state index in [9.17, 15) is 0 Å². The molecular weight excluding hydrogens is 340 g/mol. The summed E-state index contributed by atoms with van der Waals surface area (Å²) >= 11 is 8.13. The molecule has 16 heavy (non-hydrogen) atoms. The lowest BCUT2D eigenvalue weighted by Crippen LogP contribution is -2.52. The molecule has 1 saturated heterocycles. The standard InChI is InChI=1S/C10H13ClIN3O/c11-8-4-14-10(3-9(8)12)15-2-1-13-7(5-15)6-16/h3-4,7,13,16H,1-2,5-6H2/t7-/m0/s1. The van der Waals surface area contributed by atoms with Gasteiger partial charge in [-0.1, -0.05) is 11.6 Å². The summed E-state index contributed by atoms with van der Waals surface area (Å²) in [5, 5.41) is 13.0. The second-order valence-electron chi connectivity index (χ2n) is 3.74. The van der Waals surface area contributed by atoms with Crippen molar-refractivity contribution in [3.63, 3.8) is 0 Å². The van der Waals surface area contributed by atoms with Crippen LogP contribution in [0.5, 0.6) is 0 Å². The van der Waals surface area contributed by atoms with Crippen molar-refractivity contribution >= 4 is 40.0 Å². The number of anilines is 1. The van der Waals surface area contributed by atoms with Crippen LogP contribution in [0, 0.1) is 3.57 Å². The van der Waals surface area contributed by atoms with Crippen LogP contribution < -0.4 is 10.2 Å². The first-order chi connectivity index (χ1) is 7.70. The van der Waals surface area contributed by atoms with Crippen LogP contribution in [-0.4, -0.2) is 42.4 Å². The van der Waals surface area contributed by atoms with Gasteiger partial charge in [-0.25, -0.2) is 4.98 Å². The number of hydrogen-bond acceptors (Lipinski definition) is 4. The lowest BCUT2D eigenvalue weighted by atomic mass is 10.2. The van der Waals surface area contributed by atoms with Crippen LogP contribution in [0.4, 0.5) is 5.82 Å². The lowest BCUT2D eigenvalue weighted by Gasteiger charge is -2.33. The number of nitrogens with one attached hydrogen (secondary N) is 1. The van der Waals surface area contributed by atoms with Crippen LogP contribution >= 0.6 is 34.2 Å². The highest BCUT2D eigenvalue weighted by Crippen LogP contribution is 2.22. The highest BCUT2D eigenvalue weighted by atomic mass is 127. The van der Waals surface area contributed by atoms with E-state index < -0.39 is 0 Å². The van der Waals surface area contributed by atoms with Gasteiger partial charge in [0, 0.05) is 35.4 Å². The number of aliphatic hydroxyl groups is 1. The summed E-state index contributed by atoms with van der Waals surface area (Å²) in [4.78, 5) is 6.47. The molecule has 1 aromatic rings. The minimum atomic E-state index is 0.129. The molecule has 0 radical (unpaired) electrons. The van der Waals surface area contributed by atoms with Crippen LogP contribution in [0.15, 0.2) is 12.3 Å². The molecule has 0 bridgehead atoms. The number of halogens is 2. The summed E-state index contributed by atoms with van der Waals surface area (Å²) in [5.74, 6) is 0.925. The number of piperazine rings is 1. The minimum Gasteiger partial charge on any atom is -0.395 e. The molecule has 0 amide bonds. The zero-order chi connectivity index (χ0) is 11.5. The van der Waals surface area contributed by atoms with Gasteiger partial charge in [-0.15, -0.1) is 0 Å². The summed E-state index contributed by atoms with van der Waals surface area (Å²) in [6.45, 7) is 2.70. The van der Waals surface area contributed by atoms with Gasteiger partial charge in [-0.3, -0.25) is 0 Å². The third-order valence-electron chi connectivity index (χ3n) is 2.59. The summed E-state index contributed by atoms with van der Waals surface area (Å²) in [7, 11) is 0. The summed E-state index contributed by atoms with van der Waals surface area (Å²) in [6.07, 6.45) is 1.68. The molecule has 0 unspecified atom stereocenters. The SMILES string of the molecule is OC[C@@H]1CN(c2cc(I)c(Cl)cn2)CCN1. The topological polar surface area (TPSA) is 48.4 Å². The van der Waals surface area contributed by atoms with Crippen molar-refractivity contribution in [2.45, 2.75) is 6.04 Å². The van der Waals surface area contributed by atoms with Gasteiger partial charge in [-0.05, 0) is 28.7 Å². The van der Waals surface area contributed by atoms with Crippen molar-refractivity contribution in [3.8, 4) is 0 Å². The average Bonchev–Trinajstić information content (AvgIpc) is 2.33. The maximum Gasteiger partial charge on any atom is 0.129 e. The largest absolute Gasteiger partial charge is 0.395 e. The van der Waals surface area contributed by atoms with Gasteiger partial charge >= 0.3 is 0 Å². The van der Waals surface area contributed by atoms with Gasteiger partial charge in [-0.2, -0.15) is 0 Å². The zero-order valence-corrected chi connectivity index (χ0v) is 11.6. The molecule has 1 aliphatic rings. The Hall–Kier alpha value is -0.110. The van der Waals surface area contributed by atoms with Gasteiger partial charge in [0.05, 0.1) is 11.6 Å². The van der Waals surface area contributed by atoms with E-state index in [2.05, 4.69) is 37.8 Å². The van der Waals surface area contributed by atoms with Crippen molar-refractivity contribution in [2.24, 2.45) is 0 Å². The molecule has 1 fully saturated rings. The Morgan fingerprint density at radius 3 is 3.19 bits per heavy atom. The Morgan fingerprint density at radius 2 is 2.50 bits per heavy atom. The molecule has 0 aliphatic carbocycles. The lowest BCUT2D eigenvalue weighted by molar-refractivity contribution is 0.235. The van der Waals surface area contributed by atoms with Gasteiger partial charge in [0.25, 0.3) is 0 Å². The maximum atomic E-state index is 9.12. The fraction of sp³-hybridized carbons (Fsp3) is 0.500. The van der Waals surface area contributed by atoms with E-state index in [1.807, 2.05) is 6.07 Å². The molecule has 2 heterocycles. The molecule has 0 spiro atoms. The number of aromatic nitrogens is 1. The smallest absolute Gasteiger partial charge is 0.129 e. The molecular formula is C10H13ClIN3O. The minimum absolute atomic E-state index is 0.129. The Morgan fingerprint density at radius 1 is 1.69 bits per heavy atom. The van der Waals surface area contributed by atoms with Gasteiger partial charge in [0.2, 0.25) is 0 Å². The second kappa shape index (κ2) is 5.48. The van der Waals surface area contributed by atoms with E-state index in [0.717, 1.165) is 29.0 Å². The van der Waals surface area contributed by atoms with Crippen LogP contribution in [0.2, 0.25) is 5.02 Å². The predicted molar refractivity (Wildman–Crippen MR) is 73.1 cm³/mol. The van der Waals surface area contributed by atoms with E-state index in [4.69, 9.17) is 16.7 Å². The number of aliphatic hydroxyl groups excluding tert-OH is 1. The fourth-order valence-corrected chi connectivity index (χ4v) is 2.25. The zero-order valence-electron chi connectivity index (χ0n) is 8.66. The Labute approximate surface area is 113 Å². The monoisotopic (exact) mass is 353 g/mol. The Balaban J connectivity index is 2.13. The first-order valence-corrected chi connectivity index (χ1v) is 6.56. The number of pyridine rings is 1. The van der Waals surface area contributed by atoms with E-state index in [1.54, 1.807) is 6.20 Å². The number of nitrogens with zero attached hydrogens (tertiary/aromatic N) is 2. The number of rotatable bonds is 2. The highest BCUT2D eigenvalue weighted by Gasteiger charge is 2.19. The molecule has 6 heteroatoms. The summed E-state index contributed by atoms with van der Waals surface area (Å²) in [5.41, 5.74) is 0. The van der Waals surface area contributed by atoms with Crippen molar-refractivity contribution < 1.29 is 5.11 Å². The quantitative estimate of drug-likeness (QED) is 0.782. The van der Waals surface area contributed by atoms with Crippen molar-refractivity contribution in [3.05, 3.63) is 20.9 Å². The molecule has 2 N–H and O–H groups in total. The summed E-state index contributed by atoms with van der Waals surface area (Å²) in [6, 6.07) is 2.10. The number of hydrogen-bond donors (Lipinski definition) is 2. The Kier molecular flexibility index (Phi) is 4.23. The average molecular weight is 354 g/mol. The van der Waals surface area contributed by atoms with E-state index in [0.29, 0.717) is 5.02 Å². The fourth-order valence-electron chi connectivity index (χ4n) is 1.73. The van der Waals surface area contributed by atoms with Crippen LogP contribution in [0.3, 0.4) is 0 Å². The van der Waals surface area contributed by atoms with Crippen molar-refractivity contribution in [1.82, 2.24) is 10.3 Å². The molecule has 0 aromatic carbocycles. The van der Waals surface area contributed by atoms with E-state index >= 15 is 0 Å². The molecule has 1 aliphatic heterocycles. The third kappa shape index (κ3) is 2.77.